The number of nitrogens with one attached hydrogen (secondary N) is 1. The average Bonchev–Trinajstić information content (AvgIpc) is 3.13. The maximum absolute atomic E-state index is 13.0. The van der Waals surface area contributed by atoms with Crippen LogP contribution < -0.4 is 5.32 Å². The van der Waals surface area contributed by atoms with E-state index < -0.39 is 23.6 Å². The SMILES string of the molecule is O=C(c1ccccc1)c1ccc(NC(=O)c2cncc3c2C(=O)OC32CCC(O)CC2)cc1. The van der Waals surface area contributed by atoms with Crippen molar-refractivity contribution in [2.24, 2.45) is 0 Å². The first-order valence-corrected chi connectivity index (χ1v) is 10.9. The van der Waals surface area contributed by atoms with Crippen LogP contribution in [0, 0.1) is 0 Å². The van der Waals surface area contributed by atoms with Gasteiger partial charge in [-0.1, -0.05) is 30.3 Å². The normalized spacial score (nSPS) is 21.4. The van der Waals surface area contributed by atoms with Crippen molar-refractivity contribution in [2.45, 2.75) is 37.4 Å². The van der Waals surface area contributed by atoms with Gasteiger partial charge in [-0.05, 0) is 49.9 Å². The Bertz CT molecular complexity index is 1230. The van der Waals surface area contributed by atoms with E-state index in [-0.39, 0.29) is 16.9 Å². The fraction of sp³-hybridized carbons (Fsp3) is 0.231. The van der Waals surface area contributed by atoms with Crippen molar-refractivity contribution in [2.75, 3.05) is 5.32 Å². The van der Waals surface area contributed by atoms with Gasteiger partial charge in [0.2, 0.25) is 0 Å². The summed E-state index contributed by atoms with van der Waals surface area (Å²) in [5.41, 5.74) is 1.74. The number of rotatable bonds is 4. The number of carbonyl (C=O) groups is 3. The summed E-state index contributed by atoms with van der Waals surface area (Å²) in [5.74, 6) is -1.13. The second-order valence-corrected chi connectivity index (χ2v) is 8.45. The molecular weight excluding hydrogens is 420 g/mol. The molecule has 7 heteroatoms. The highest BCUT2D eigenvalue weighted by Crippen LogP contribution is 2.47. The van der Waals surface area contributed by atoms with E-state index in [1.165, 1.54) is 6.20 Å². The molecule has 33 heavy (non-hydrogen) atoms. The molecule has 0 unspecified atom stereocenters. The van der Waals surface area contributed by atoms with Crippen LogP contribution in [0.4, 0.5) is 5.69 Å². The van der Waals surface area contributed by atoms with Gasteiger partial charge in [0.15, 0.2) is 5.78 Å². The molecule has 1 fully saturated rings. The highest BCUT2D eigenvalue weighted by atomic mass is 16.6. The molecule has 1 aliphatic heterocycles. The van der Waals surface area contributed by atoms with Crippen LogP contribution >= 0.6 is 0 Å². The molecule has 1 amide bonds. The van der Waals surface area contributed by atoms with Crippen LogP contribution in [0.3, 0.4) is 0 Å². The quantitative estimate of drug-likeness (QED) is 0.469. The van der Waals surface area contributed by atoms with Gasteiger partial charge in [-0.2, -0.15) is 0 Å². The van der Waals surface area contributed by atoms with Gasteiger partial charge in [0.1, 0.15) is 5.60 Å². The van der Waals surface area contributed by atoms with Crippen molar-refractivity contribution in [1.82, 2.24) is 4.98 Å². The number of aliphatic hydroxyl groups excluding tert-OH is 1. The molecule has 0 radical (unpaired) electrons. The molecule has 5 rings (SSSR count). The number of ketones is 1. The molecular formula is C26H22N2O5. The first-order valence-electron chi connectivity index (χ1n) is 10.9. The van der Waals surface area contributed by atoms with E-state index in [1.807, 2.05) is 6.07 Å². The first kappa shape index (κ1) is 21.0. The molecule has 2 aromatic carbocycles. The lowest BCUT2D eigenvalue weighted by molar-refractivity contribution is -0.0495. The Morgan fingerprint density at radius 1 is 0.970 bits per heavy atom. The van der Waals surface area contributed by atoms with Gasteiger partial charge in [-0.15, -0.1) is 0 Å². The third-order valence-electron chi connectivity index (χ3n) is 6.38. The number of aliphatic hydroxyl groups is 1. The molecule has 7 nitrogen and oxygen atoms in total. The van der Waals surface area contributed by atoms with E-state index in [0.29, 0.717) is 48.1 Å². The Kier molecular flexibility index (Phi) is 5.26. The topological polar surface area (TPSA) is 106 Å². The summed E-state index contributed by atoms with van der Waals surface area (Å²) in [6.45, 7) is 0. The smallest absolute Gasteiger partial charge is 0.340 e. The van der Waals surface area contributed by atoms with Crippen molar-refractivity contribution >= 4 is 23.3 Å². The lowest BCUT2D eigenvalue weighted by Crippen LogP contribution is -2.33. The number of pyridine rings is 1. The zero-order chi connectivity index (χ0) is 23.0. The van der Waals surface area contributed by atoms with Crippen molar-refractivity contribution in [1.29, 1.82) is 0 Å². The third-order valence-corrected chi connectivity index (χ3v) is 6.38. The van der Waals surface area contributed by atoms with Gasteiger partial charge in [0.05, 0.1) is 17.2 Å². The van der Waals surface area contributed by atoms with Crippen LogP contribution in [0.25, 0.3) is 0 Å². The number of ether oxygens (including phenoxy) is 1. The number of aromatic nitrogens is 1. The summed E-state index contributed by atoms with van der Waals surface area (Å²) in [5, 5.41) is 12.6. The molecule has 0 bridgehead atoms. The van der Waals surface area contributed by atoms with E-state index in [9.17, 15) is 19.5 Å². The van der Waals surface area contributed by atoms with Gasteiger partial charge in [-0.25, -0.2) is 4.79 Å². The van der Waals surface area contributed by atoms with E-state index in [0.717, 1.165) is 0 Å². The third kappa shape index (κ3) is 3.81. The monoisotopic (exact) mass is 442 g/mol. The van der Waals surface area contributed by atoms with Crippen molar-refractivity contribution in [3.05, 3.63) is 94.8 Å². The number of amides is 1. The van der Waals surface area contributed by atoms with Crippen LogP contribution in [-0.4, -0.2) is 33.9 Å². The molecule has 0 saturated heterocycles. The highest BCUT2D eigenvalue weighted by molar-refractivity contribution is 6.13. The van der Waals surface area contributed by atoms with E-state index in [2.05, 4.69) is 10.3 Å². The van der Waals surface area contributed by atoms with Crippen LogP contribution in [0.1, 0.15) is 67.9 Å². The molecule has 1 aliphatic carbocycles. The van der Waals surface area contributed by atoms with Crippen LogP contribution in [0.5, 0.6) is 0 Å². The highest BCUT2D eigenvalue weighted by Gasteiger charge is 2.49. The average molecular weight is 442 g/mol. The number of anilines is 1. The Hall–Kier alpha value is -3.84. The number of benzene rings is 2. The summed E-state index contributed by atoms with van der Waals surface area (Å²) in [6.07, 6.45) is 4.58. The molecule has 1 aromatic heterocycles. The van der Waals surface area contributed by atoms with E-state index in [1.54, 1.807) is 54.7 Å². The number of hydrogen-bond acceptors (Lipinski definition) is 6. The van der Waals surface area contributed by atoms with Gasteiger partial charge >= 0.3 is 5.97 Å². The molecule has 2 aliphatic rings. The molecule has 2 N–H and O–H groups in total. The second-order valence-electron chi connectivity index (χ2n) is 8.45. The lowest BCUT2D eigenvalue weighted by Gasteiger charge is -2.34. The van der Waals surface area contributed by atoms with Gasteiger partial charge in [0.25, 0.3) is 5.91 Å². The number of carbonyl (C=O) groups excluding carboxylic acids is 3. The Balaban J connectivity index is 1.37. The number of nitrogens with zero attached hydrogens (tertiary/aromatic N) is 1. The van der Waals surface area contributed by atoms with E-state index >= 15 is 0 Å². The standard InChI is InChI=1S/C26H22N2O5/c29-19-10-12-26(13-11-19)21-15-27-14-20(22(21)25(32)33-26)24(31)28-18-8-6-17(7-9-18)23(30)16-4-2-1-3-5-16/h1-9,14-15,19,29H,10-13H2,(H,28,31). The fourth-order valence-electron chi connectivity index (χ4n) is 4.58. The first-order chi connectivity index (χ1) is 16.0. The van der Waals surface area contributed by atoms with Crippen molar-refractivity contribution in [3.63, 3.8) is 0 Å². The minimum Gasteiger partial charge on any atom is -0.450 e. The van der Waals surface area contributed by atoms with Gasteiger partial charge in [0, 0.05) is 34.8 Å². The Morgan fingerprint density at radius 3 is 2.33 bits per heavy atom. The fourth-order valence-corrected chi connectivity index (χ4v) is 4.58. The lowest BCUT2D eigenvalue weighted by atomic mass is 9.78. The molecule has 3 aromatic rings. The largest absolute Gasteiger partial charge is 0.450 e. The zero-order valence-electron chi connectivity index (χ0n) is 17.8. The summed E-state index contributed by atoms with van der Waals surface area (Å²) >= 11 is 0. The number of esters is 1. The number of fused-ring (bicyclic) bond motifs is 2. The molecule has 1 spiro atoms. The summed E-state index contributed by atoms with van der Waals surface area (Å²) in [6, 6.07) is 15.5. The molecule has 166 valence electrons. The van der Waals surface area contributed by atoms with E-state index in [4.69, 9.17) is 4.74 Å². The summed E-state index contributed by atoms with van der Waals surface area (Å²) in [7, 11) is 0. The van der Waals surface area contributed by atoms with Crippen LogP contribution in [-0.2, 0) is 10.3 Å². The van der Waals surface area contributed by atoms with Crippen LogP contribution in [0.2, 0.25) is 0 Å². The van der Waals surface area contributed by atoms with Crippen LogP contribution in [0.15, 0.2) is 67.0 Å². The molecule has 0 atom stereocenters. The predicted molar refractivity (Wildman–Crippen MR) is 120 cm³/mol. The van der Waals surface area contributed by atoms with Crippen molar-refractivity contribution in [3.8, 4) is 0 Å². The van der Waals surface area contributed by atoms with Gasteiger partial charge in [-0.3, -0.25) is 14.6 Å². The number of hydrogen-bond donors (Lipinski definition) is 2. The maximum Gasteiger partial charge on any atom is 0.340 e. The summed E-state index contributed by atoms with van der Waals surface area (Å²) < 4.78 is 5.73. The molecule has 2 heterocycles. The minimum atomic E-state index is -0.825. The minimum absolute atomic E-state index is 0.107. The predicted octanol–water partition coefficient (Wildman–Crippen LogP) is 3.87. The van der Waals surface area contributed by atoms with Gasteiger partial charge < -0.3 is 15.2 Å². The maximum atomic E-state index is 13.0. The zero-order valence-corrected chi connectivity index (χ0v) is 17.8. The second kappa shape index (κ2) is 8.26. The summed E-state index contributed by atoms with van der Waals surface area (Å²) in [4.78, 5) is 42.5. The Labute approximate surface area is 190 Å². The molecule has 1 saturated carbocycles. The Morgan fingerprint density at radius 2 is 1.64 bits per heavy atom. The van der Waals surface area contributed by atoms with Crippen molar-refractivity contribution < 1.29 is 24.2 Å².